The summed E-state index contributed by atoms with van der Waals surface area (Å²) in [4.78, 5) is 30.2. The molecule has 0 fully saturated rings. The third-order valence-electron chi connectivity index (χ3n) is 3.24. The fraction of sp³-hybridized carbons (Fsp3) is 0.235. The van der Waals surface area contributed by atoms with Crippen molar-refractivity contribution in [2.45, 2.75) is 26.5 Å². The zero-order valence-corrected chi connectivity index (χ0v) is 13.7. The van der Waals surface area contributed by atoms with Crippen LogP contribution in [0.3, 0.4) is 0 Å². The highest BCUT2D eigenvalue weighted by Crippen LogP contribution is 2.30. The van der Waals surface area contributed by atoms with E-state index >= 15 is 0 Å². The van der Waals surface area contributed by atoms with Crippen molar-refractivity contribution in [3.8, 4) is 10.4 Å². The lowest BCUT2D eigenvalue weighted by Gasteiger charge is -2.08. The van der Waals surface area contributed by atoms with E-state index in [2.05, 4.69) is 4.98 Å². The van der Waals surface area contributed by atoms with Crippen LogP contribution in [0.4, 0.5) is 0 Å². The Morgan fingerprint density at radius 1 is 1.30 bits per heavy atom. The molecule has 3 rings (SSSR count). The topological polar surface area (TPSA) is 61.2 Å². The minimum absolute atomic E-state index is 0.129. The first-order valence-corrected chi connectivity index (χ1v) is 8.10. The molecular weight excluding hydrogens is 312 g/mol. The molecule has 0 N–H and O–H groups in total. The number of carbonyl (C=O) groups is 1. The van der Waals surface area contributed by atoms with Gasteiger partial charge in [0.15, 0.2) is 0 Å². The highest BCUT2D eigenvalue weighted by Gasteiger charge is 2.13. The standard InChI is InChI=1S/C17H16N2O3S/c1-11(2)22-15(20)9-19-10-18-16-13(17(19)21)8-14(23-16)12-6-4-3-5-7-12/h3-8,10-11H,9H2,1-2H3. The summed E-state index contributed by atoms with van der Waals surface area (Å²) in [5.74, 6) is -0.443. The number of hydrogen-bond acceptors (Lipinski definition) is 5. The summed E-state index contributed by atoms with van der Waals surface area (Å²) < 4.78 is 6.36. The molecule has 2 aromatic heterocycles. The van der Waals surface area contributed by atoms with Crippen LogP contribution in [0.1, 0.15) is 13.8 Å². The van der Waals surface area contributed by atoms with Crippen molar-refractivity contribution in [1.82, 2.24) is 9.55 Å². The van der Waals surface area contributed by atoms with Gasteiger partial charge in [-0.1, -0.05) is 30.3 Å². The fourth-order valence-electron chi connectivity index (χ4n) is 2.26. The molecule has 0 atom stereocenters. The van der Waals surface area contributed by atoms with Crippen LogP contribution in [-0.2, 0) is 16.1 Å². The molecule has 23 heavy (non-hydrogen) atoms. The van der Waals surface area contributed by atoms with Crippen LogP contribution in [0, 0.1) is 0 Å². The second-order valence-electron chi connectivity index (χ2n) is 5.41. The summed E-state index contributed by atoms with van der Waals surface area (Å²) in [7, 11) is 0. The lowest BCUT2D eigenvalue weighted by Crippen LogP contribution is -2.26. The van der Waals surface area contributed by atoms with Crippen molar-refractivity contribution in [3.05, 3.63) is 53.1 Å². The Hall–Kier alpha value is -2.47. The van der Waals surface area contributed by atoms with Gasteiger partial charge in [-0.25, -0.2) is 4.98 Å². The Bertz CT molecular complexity index is 897. The Morgan fingerprint density at radius 2 is 2.04 bits per heavy atom. The van der Waals surface area contributed by atoms with Crippen molar-refractivity contribution >= 4 is 27.5 Å². The first kappa shape index (κ1) is 15.4. The predicted octanol–water partition coefficient (Wildman–Crippen LogP) is 3.08. The first-order chi connectivity index (χ1) is 11.0. The molecule has 118 valence electrons. The molecular formula is C17H16N2O3S. The van der Waals surface area contributed by atoms with Gasteiger partial charge in [-0.05, 0) is 25.5 Å². The number of aromatic nitrogens is 2. The van der Waals surface area contributed by atoms with Gasteiger partial charge in [0.25, 0.3) is 5.56 Å². The van der Waals surface area contributed by atoms with Gasteiger partial charge in [0.2, 0.25) is 0 Å². The molecule has 0 aliphatic rings. The van der Waals surface area contributed by atoms with Crippen LogP contribution < -0.4 is 5.56 Å². The van der Waals surface area contributed by atoms with Crippen molar-refractivity contribution in [1.29, 1.82) is 0 Å². The number of nitrogens with zero attached hydrogens (tertiary/aromatic N) is 2. The van der Waals surface area contributed by atoms with Crippen LogP contribution >= 0.6 is 11.3 Å². The second kappa shape index (κ2) is 6.34. The molecule has 2 heterocycles. The highest BCUT2D eigenvalue weighted by atomic mass is 32.1. The van der Waals surface area contributed by atoms with E-state index < -0.39 is 5.97 Å². The summed E-state index contributed by atoms with van der Waals surface area (Å²) in [5.41, 5.74) is 0.815. The smallest absolute Gasteiger partial charge is 0.326 e. The highest BCUT2D eigenvalue weighted by molar-refractivity contribution is 7.21. The van der Waals surface area contributed by atoms with Gasteiger partial charge < -0.3 is 4.74 Å². The van der Waals surface area contributed by atoms with E-state index in [1.54, 1.807) is 13.8 Å². The van der Waals surface area contributed by atoms with Gasteiger partial charge in [-0.15, -0.1) is 11.3 Å². The monoisotopic (exact) mass is 328 g/mol. The Morgan fingerprint density at radius 3 is 2.74 bits per heavy atom. The molecule has 6 heteroatoms. The maximum atomic E-state index is 12.5. The number of hydrogen-bond donors (Lipinski definition) is 0. The maximum absolute atomic E-state index is 12.5. The lowest BCUT2D eigenvalue weighted by atomic mass is 10.2. The summed E-state index contributed by atoms with van der Waals surface area (Å²) in [6.45, 7) is 3.41. The summed E-state index contributed by atoms with van der Waals surface area (Å²) >= 11 is 1.46. The fourth-order valence-corrected chi connectivity index (χ4v) is 3.25. The molecule has 0 aliphatic heterocycles. The third-order valence-corrected chi connectivity index (χ3v) is 4.34. The molecule has 0 unspecified atom stereocenters. The third kappa shape index (κ3) is 3.32. The number of esters is 1. The molecule has 0 bridgehead atoms. The van der Waals surface area contributed by atoms with E-state index in [4.69, 9.17) is 4.74 Å². The summed E-state index contributed by atoms with van der Waals surface area (Å²) in [5, 5.41) is 0.522. The second-order valence-corrected chi connectivity index (χ2v) is 6.44. The maximum Gasteiger partial charge on any atom is 0.326 e. The van der Waals surface area contributed by atoms with E-state index in [1.165, 1.54) is 22.2 Å². The minimum Gasteiger partial charge on any atom is -0.462 e. The average molecular weight is 328 g/mol. The Kier molecular flexibility index (Phi) is 4.25. The van der Waals surface area contributed by atoms with Crippen molar-refractivity contribution < 1.29 is 9.53 Å². The van der Waals surface area contributed by atoms with Crippen molar-refractivity contribution in [2.75, 3.05) is 0 Å². The first-order valence-electron chi connectivity index (χ1n) is 7.28. The summed E-state index contributed by atoms with van der Waals surface area (Å²) in [6, 6.07) is 11.7. The van der Waals surface area contributed by atoms with E-state index in [-0.39, 0.29) is 18.2 Å². The SMILES string of the molecule is CC(C)OC(=O)Cn1cnc2sc(-c3ccccc3)cc2c1=O. The lowest BCUT2D eigenvalue weighted by molar-refractivity contribution is -0.148. The number of thiophene rings is 1. The van der Waals surface area contributed by atoms with E-state index in [0.717, 1.165) is 10.4 Å². The van der Waals surface area contributed by atoms with Crippen LogP contribution in [0.2, 0.25) is 0 Å². The normalized spacial score (nSPS) is 11.1. The largest absolute Gasteiger partial charge is 0.462 e. The van der Waals surface area contributed by atoms with Crippen LogP contribution in [-0.4, -0.2) is 21.6 Å². The Balaban J connectivity index is 1.96. The van der Waals surface area contributed by atoms with Crippen molar-refractivity contribution in [3.63, 3.8) is 0 Å². The molecule has 0 saturated carbocycles. The molecule has 1 aromatic carbocycles. The van der Waals surface area contributed by atoms with E-state index in [1.807, 2.05) is 36.4 Å². The van der Waals surface area contributed by atoms with Gasteiger partial charge in [-0.3, -0.25) is 14.2 Å². The number of ether oxygens (including phenoxy) is 1. The average Bonchev–Trinajstić information content (AvgIpc) is 2.95. The zero-order chi connectivity index (χ0) is 16.4. The van der Waals surface area contributed by atoms with E-state index in [0.29, 0.717) is 10.2 Å². The summed E-state index contributed by atoms with van der Waals surface area (Å²) in [6.07, 6.45) is 1.19. The van der Waals surface area contributed by atoms with Crippen LogP contribution in [0.15, 0.2) is 47.5 Å². The molecule has 0 spiro atoms. The quantitative estimate of drug-likeness (QED) is 0.691. The molecule has 0 saturated heterocycles. The molecule has 0 amide bonds. The van der Waals surface area contributed by atoms with Crippen LogP contribution in [0.5, 0.6) is 0 Å². The predicted molar refractivity (Wildman–Crippen MR) is 90.5 cm³/mol. The molecule has 3 aromatic rings. The van der Waals surface area contributed by atoms with Gasteiger partial charge in [0, 0.05) is 4.88 Å². The minimum atomic E-state index is -0.443. The van der Waals surface area contributed by atoms with Gasteiger partial charge in [0.05, 0.1) is 17.8 Å². The number of fused-ring (bicyclic) bond motifs is 1. The Labute approximate surface area is 137 Å². The number of rotatable bonds is 4. The number of carbonyl (C=O) groups excluding carboxylic acids is 1. The van der Waals surface area contributed by atoms with Gasteiger partial charge in [0.1, 0.15) is 11.4 Å². The molecule has 0 radical (unpaired) electrons. The molecule has 5 nitrogen and oxygen atoms in total. The zero-order valence-electron chi connectivity index (χ0n) is 12.9. The van der Waals surface area contributed by atoms with Gasteiger partial charge >= 0.3 is 5.97 Å². The van der Waals surface area contributed by atoms with Gasteiger partial charge in [-0.2, -0.15) is 0 Å². The number of benzene rings is 1. The van der Waals surface area contributed by atoms with Crippen LogP contribution in [0.25, 0.3) is 20.7 Å². The van der Waals surface area contributed by atoms with Crippen molar-refractivity contribution in [2.24, 2.45) is 0 Å². The van der Waals surface area contributed by atoms with E-state index in [9.17, 15) is 9.59 Å². The molecule has 0 aliphatic carbocycles.